The highest BCUT2D eigenvalue weighted by atomic mass is 19.1. The van der Waals surface area contributed by atoms with Gasteiger partial charge in [-0.25, -0.2) is 4.39 Å². The fourth-order valence-electron chi connectivity index (χ4n) is 3.43. The SMILES string of the molecule is NCCc1cc(F)ccc1N1CCN2CCCC2C1. The first-order chi connectivity index (χ1) is 9.28. The van der Waals surface area contributed by atoms with Crippen LogP contribution in [0.15, 0.2) is 18.2 Å². The van der Waals surface area contributed by atoms with Crippen LogP contribution >= 0.6 is 0 Å². The Morgan fingerprint density at radius 2 is 2.16 bits per heavy atom. The molecular formula is C15H22FN3. The van der Waals surface area contributed by atoms with Gasteiger partial charge in [0.05, 0.1) is 0 Å². The second kappa shape index (κ2) is 5.47. The van der Waals surface area contributed by atoms with E-state index >= 15 is 0 Å². The van der Waals surface area contributed by atoms with Crippen LogP contribution in [0.5, 0.6) is 0 Å². The normalized spacial score (nSPS) is 23.7. The van der Waals surface area contributed by atoms with E-state index < -0.39 is 0 Å². The third kappa shape index (κ3) is 2.60. The van der Waals surface area contributed by atoms with Crippen molar-refractivity contribution < 1.29 is 4.39 Å². The minimum absolute atomic E-state index is 0.160. The minimum Gasteiger partial charge on any atom is -0.368 e. The van der Waals surface area contributed by atoms with Crippen molar-refractivity contribution in [2.75, 3.05) is 37.6 Å². The van der Waals surface area contributed by atoms with Gasteiger partial charge in [-0.15, -0.1) is 0 Å². The lowest BCUT2D eigenvalue weighted by Gasteiger charge is -2.39. The molecule has 1 aromatic carbocycles. The molecule has 2 N–H and O–H groups in total. The molecule has 2 fully saturated rings. The summed E-state index contributed by atoms with van der Waals surface area (Å²) in [6.07, 6.45) is 3.36. The Kier molecular flexibility index (Phi) is 3.71. The predicted octanol–water partition coefficient (Wildman–Crippen LogP) is 1.61. The van der Waals surface area contributed by atoms with Gasteiger partial charge in [0.25, 0.3) is 0 Å². The predicted molar refractivity (Wildman–Crippen MR) is 76.0 cm³/mol. The molecule has 0 saturated carbocycles. The highest BCUT2D eigenvalue weighted by molar-refractivity contribution is 5.54. The monoisotopic (exact) mass is 263 g/mol. The zero-order valence-electron chi connectivity index (χ0n) is 11.3. The van der Waals surface area contributed by atoms with Gasteiger partial charge in [-0.2, -0.15) is 0 Å². The largest absolute Gasteiger partial charge is 0.368 e. The Morgan fingerprint density at radius 1 is 1.26 bits per heavy atom. The smallest absolute Gasteiger partial charge is 0.123 e. The maximum absolute atomic E-state index is 13.4. The number of nitrogens with two attached hydrogens (primary N) is 1. The van der Waals surface area contributed by atoms with Crippen LogP contribution in [0.2, 0.25) is 0 Å². The molecule has 0 bridgehead atoms. The molecule has 4 heteroatoms. The Bertz CT molecular complexity index is 449. The highest BCUT2D eigenvalue weighted by Gasteiger charge is 2.31. The molecule has 2 aliphatic rings. The molecule has 2 aliphatic heterocycles. The maximum Gasteiger partial charge on any atom is 0.123 e. The number of hydrogen-bond acceptors (Lipinski definition) is 3. The number of nitrogens with zero attached hydrogens (tertiary/aromatic N) is 2. The molecule has 1 aromatic rings. The third-order valence-corrected chi connectivity index (χ3v) is 4.38. The van der Waals surface area contributed by atoms with E-state index in [2.05, 4.69) is 9.80 Å². The van der Waals surface area contributed by atoms with Crippen LogP contribution in [0.4, 0.5) is 10.1 Å². The molecule has 2 saturated heterocycles. The van der Waals surface area contributed by atoms with Gasteiger partial charge < -0.3 is 10.6 Å². The van der Waals surface area contributed by atoms with E-state index in [1.165, 1.54) is 25.1 Å². The number of anilines is 1. The molecule has 1 atom stereocenters. The van der Waals surface area contributed by atoms with Crippen LogP contribution < -0.4 is 10.6 Å². The van der Waals surface area contributed by atoms with E-state index in [1.54, 1.807) is 12.1 Å². The van der Waals surface area contributed by atoms with Gasteiger partial charge in [-0.05, 0) is 56.1 Å². The summed E-state index contributed by atoms with van der Waals surface area (Å²) in [5.41, 5.74) is 7.87. The molecule has 3 rings (SSSR count). The van der Waals surface area contributed by atoms with E-state index in [-0.39, 0.29) is 5.82 Å². The zero-order valence-corrected chi connectivity index (χ0v) is 11.3. The molecule has 3 nitrogen and oxygen atoms in total. The average Bonchev–Trinajstić information content (AvgIpc) is 2.86. The van der Waals surface area contributed by atoms with Crippen molar-refractivity contribution in [3.8, 4) is 0 Å². The standard InChI is InChI=1S/C15H22FN3/c16-13-3-4-15(12(10-13)5-6-17)19-9-8-18-7-1-2-14(18)11-19/h3-4,10,14H,1-2,5-9,11,17H2. The van der Waals surface area contributed by atoms with Gasteiger partial charge in [0, 0.05) is 31.4 Å². The maximum atomic E-state index is 13.4. The number of benzene rings is 1. The summed E-state index contributed by atoms with van der Waals surface area (Å²) in [5, 5.41) is 0. The Hall–Kier alpha value is -1.13. The van der Waals surface area contributed by atoms with E-state index in [0.717, 1.165) is 31.6 Å². The zero-order chi connectivity index (χ0) is 13.2. The number of halogens is 1. The molecule has 0 radical (unpaired) electrons. The number of hydrogen-bond donors (Lipinski definition) is 1. The van der Waals surface area contributed by atoms with Crippen LogP contribution in [-0.4, -0.2) is 43.7 Å². The van der Waals surface area contributed by atoms with E-state index in [9.17, 15) is 4.39 Å². The van der Waals surface area contributed by atoms with Gasteiger partial charge in [0.2, 0.25) is 0 Å². The first-order valence-corrected chi connectivity index (χ1v) is 7.25. The summed E-state index contributed by atoms with van der Waals surface area (Å²) in [5.74, 6) is -0.160. The number of rotatable bonds is 3. The van der Waals surface area contributed by atoms with Crippen LogP contribution in [0.25, 0.3) is 0 Å². The quantitative estimate of drug-likeness (QED) is 0.899. The molecule has 1 unspecified atom stereocenters. The first-order valence-electron chi connectivity index (χ1n) is 7.25. The lowest BCUT2D eigenvalue weighted by molar-refractivity contribution is 0.231. The summed E-state index contributed by atoms with van der Waals surface area (Å²) >= 11 is 0. The first kappa shape index (κ1) is 12.9. The fourth-order valence-corrected chi connectivity index (χ4v) is 3.43. The van der Waals surface area contributed by atoms with Crippen molar-refractivity contribution >= 4 is 5.69 Å². The van der Waals surface area contributed by atoms with Gasteiger partial charge in [-0.3, -0.25) is 4.90 Å². The molecule has 104 valence electrons. The number of fused-ring (bicyclic) bond motifs is 1. The Morgan fingerprint density at radius 3 is 3.00 bits per heavy atom. The second-order valence-electron chi connectivity index (χ2n) is 5.59. The molecule has 0 aliphatic carbocycles. The summed E-state index contributed by atoms with van der Waals surface area (Å²) in [6.45, 7) is 5.06. The summed E-state index contributed by atoms with van der Waals surface area (Å²) in [6, 6.07) is 5.81. The van der Waals surface area contributed by atoms with Crippen LogP contribution in [0, 0.1) is 5.82 Å². The lowest BCUT2D eigenvalue weighted by Crippen LogP contribution is -2.50. The average molecular weight is 263 g/mol. The van der Waals surface area contributed by atoms with Crippen LogP contribution in [0.1, 0.15) is 18.4 Å². The van der Waals surface area contributed by atoms with Gasteiger partial charge >= 0.3 is 0 Å². The van der Waals surface area contributed by atoms with Gasteiger partial charge in [-0.1, -0.05) is 0 Å². The molecular weight excluding hydrogens is 241 g/mol. The molecule has 19 heavy (non-hydrogen) atoms. The van der Waals surface area contributed by atoms with Crippen molar-refractivity contribution in [1.29, 1.82) is 0 Å². The van der Waals surface area contributed by atoms with Crippen molar-refractivity contribution in [3.63, 3.8) is 0 Å². The summed E-state index contributed by atoms with van der Waals surface area (Å²) in [4.78, 5) is 5.00. The second-order valence-corrected chi connectivity index (χ2v) is 5.59. The third-order valence-electron chi connectivity index (χ3n) is 4.38. The van der Waals surface area contributed by atoms with E-state index in [1.807, 2.05) is 6.07 Å². The van der Waals surface area contributed by atoms with Crippen molar-refractivity contribution in [3.05, 3.63) is 29.6 Å². The van der Waals surface area contributed by atoms with Gasteiger partial charge in [0.15, 0.2) is 0 Å². The van der Waals surface area contributed by atoms with Crippen molar-refractivity contribution in [1.82, 2.24) is 4.90 Å². The van der Waals surface area contributed by atoms with Crippen LogP contribution in [0.3, 0.4) is 0 Å². The van der Waals surface area contributed by atoms with Crippen molar-refractivity contribution in [2.24, 2.45) is 5.73 Å². The molecule has 2 heterocycles. The topological polar surface area (TPSA) is 32.5 Å². The lowest BCUT2D eigenvalue weighted by atomic mass is 10.1. The minimum atomic E-state index is -0.160. The molecule has 0 aromatic heterocycles. The summed E-state index contributed by atoms with van der Waals surface area (Å²) < 4.78 is 13.4. The Balaban J connectivity index is 1.81. The molecule has 0 amide bonds. The number of piperazine rings is 1. The van der Waals surface area contributed by atoms with Crippen molar-refractivity contribution in [2.45, 2.75) is 25.3 Å². The van der Waals surface area contributed by atoms with Gasteiger partial charge in [0.1, 0.15) is 5.82 Å². The summed E-state index contributed by atoms with van der Waals surface area (Å²) in [7, 11) is 0. The molecule has 0 spiro atoms. The highest BCUT2D eigenvalue weighted by Crippen LogP contribution is 2.28. The van der Waals surface area contributed by atoms with E-state index in [4.69, 9.17) is 5.73 Å². The van der Waals surface area contributed by atoms with E-state index in [0.29, 0.717) is 12.6 Å². The fraction of sp³-hybridized carbons (Fsp3) is 0.600. The Labute approximate surface area is 114 Å². The van der Waals surface area contributed by atoms with Crippen LogP contribution in [-0.2, 0) is 6.42 Å².